The van der Waals surface area contributed by atoms with Gasteiger partial charge in [0.25, 0.3) is 5.69 Å². The van der Waals surface area contributed by atoms with Gasteiger partial charge >= 0.3 is 0 Å². The van der Waals surface area contributed by atoms with Gasteiger partial charge in [0.05, 0.1) is 22.0 Å². The first-order valence-corrected chi connectivity index (χ1v) is 15.3. The normalized spacial score (nSPS) is 17.2. The number of thioether (sulfide) groups is 1. The number of hydrazone groups is 2. The van der Waals surface area contributed by atoms with Crippen molar-refractivity contribution in [1.82, 2.24) is 0 Å². The minimum Gasteiger partial charge on any atom is -0.286 e. The Kier molecular flexibility index (Phi) is 7.07. The number of nitrogens with zero attached hydrogens (tertiary/aromatic N) is 5. The smallest absolute Gasteiger partial charge is 0.269 e. The van der Waals surface area contributed by atoms with Crippen LogP contribution >= 0.6 is 27.7 Å². The number of hydrogen-bond donors (Lipinski definition) is 0. The highest BCUT2D eigenvalue weighted by Crippen LogP contribution is 2.55. The van der Waals surface area contributed by atoms with E-state index in [0.717, 1.165) is 32.6 Å². The number of Topliss-reactive ketones (excluding diaryl/α,β-unsaturated/α-hetero) is 1. The van der Waals surface area contributed by atoms with E-state index in [0.29, 0.717) is 11.3 Å². The number of carbonyl (C=O) groups excluding carboxylic acids is 1. The monoisotopic (exact) mass is 659 g/mol. The van der Waals surface area contributed by atoms with Gasteiger partial charge < -0.3 is 0 Å². The topological polar surface area (TPSA) is 91.4 Å². The summed E-state index contributed by atoms with van der Waals surface area (Å²) in [5.74, 6) is -0.229. The van der Waals surface area contributed by atoms with E-state index in [1.54, 1.807) is 29.3 Å². The predicted octanol–water partition coefficient (Wildman–Crippen LogP) is 8.19. The molecule has 44 heavy (non-hydrogen) atoms. The zero-order chi connectivity index (χ0) is 30.3. The number of rotatable bonds is 6. The van der Waals surface area contributed by atoms with Crippen LogP contribution in [0.15, 0.2) is 148 Å². The van der Waals surface area contributed by atoms with Crippen LogP contribution in [0.1, 0.15) is 27.0 Å². The molecule has 1 unspecified atom stereocenters. The third-order valence-corrected chi connectivity index (χ3v) is 9.23. The summed E-state index contributed by atoms with van der Waals surface area (Å²) in [6, 6.07) is 40.9. The Morgan fingerprint density at radius 1 is 0.727 bits per heavy atom. The molecule has 0 aliphatic carbocycles. The van der Waals surface area contributed by atoms with Gasteiger partial charge in [-0.25, -0.2) is 10.0 Å². The number of nitro benzene ring substituents is 1. The molecule has 2 heterocycles. The highest BCUT2D eigenvalue weighted by molar-refractivity contribution is 9.10. The fourth-order valence-corrected chi connectivity index (χ4v) is 6.96. The Balaban J connectivity index is 1.49. The fraction of sp³-hybridized carbons (Fsp3) is 0.0294. The molecule has 0 aromatic heterocycles. The molecule has 0 fully saturated rings. The molecule has 8 nitrogen and oxygen atoms in total. The second-order valence-electron chi connectivity index (χ2n) is 10.0. The van der Waals surface area contributed by atoms with Crippen molar-refractivity contribution in [3.8, 4) is 0 Å². The third-order valence-electron chi connectivity index (χ3n) is 7.39. The number of fused-ring (bicyclic) bond motifs is 2. The second kappa shape index (κ2) is 11.2. The third kappa shape index (κ3) is 4.68. The molecule has 7 rings (SSSR count). The molecule has 214 valence electrons. The minimum atomic E-state index is -1.19. The zero-order valence-electron chi connectivity index (χ0n) is 22.9. The van der Waals surface area contributed by atoms with Crippen LogP contribution in [-0.4, -0.2) is 21.5 Å². The van der Waals surface area contributed by atoms with Crippen molar-refractivity contribution in [2.75, 3.05) is 10.0 Å². The molecule has 2 aliphatic heterocycles. The first kappa shape index (κ1) is 27.8. The van der Waals surface area contributed by atoms with Gasteiger partial charge in [-0.3, -0.25) is 14.9 Å². The first-order chi connectivity index (χ1) is 21.5. The van der Waals surface area contributed by atoms with Crippen molar-refractivity contribution in [3.05, 3.63) is 170 Å². The van der Waals surface area contributed by atoms with E-state index in [4.69, 9.17) is 10.2 Å². The predicted molar refractivity (Wildman–Crippen MR) is 178 cm³/mol. The number of halogens is 1. The second-order valence-corrected chi connectivity index (χ2v) is 12.1. The zero-order valence-corrected chi connectivity index (χ0v) is 25.4. The molecule has 2 aliphatic rings. The number of benzene rings is 5. The van der Waals surface area contributed by atoms with E-state index in [1.165, 1.54) is 23.9 Å². The molecular formula is C34H22BrN5O3S. The molecule has 0 saturated carbocycles. The number of para-hydroxylation sites is 1. The van der Waals surface area contributed by atoms with Crippen molar-refractivity contribution in [2.24, 2.45) is 10.2 Å². The lowest BCUT2D eigenvalue weighted by molar-refractivity contribution is -0.384. The molecule has 1 spiro atoms. The van der Waals surface area contributed by atoms with Gasteiger partial charge in [-0.05, 0) is 48.2 Å². The SMILES string of the molecule is O=C(C1=NN(c2ccc([N+](=O)[O-])cc2)C2(S1)c1ccccc1C(c1ccc(Br)cc1)=NN2c1ccccc1)c1ccccc1. The standard InChI is InChI=1S/C34H22BrN5O3S/c35-25-17-15-23(16-18-25)31-29-13-7-8-14-30(29)34(38(36-31)26-11-5-2-6-12-26)39(27-19-21-28(22-20-27)40(42)43)37-33(44-34)32(41)24-9-3-1-4-10-24/h1-22H. The minimum absolute atomic E-state index is 0.0429. The Morgan fingerprint density at radius 3 is 2.00 bits per heavy atom. The van der Waals surface area contributed by atoms with E-state index in [9.17, 15) is 14.9 Å². The number of carbonyl (C=O) groups is 1. The first-order valence-electron chi connectivity index (χ1n) is 13.7. The summed E-state index contributed by atoms with van der Waals surface area (Å²) < 4.78 is 0.954. The Morgan fingerprint density at radius 2 is 1.32 bits per heavy atom. The van der Waals surface area contributed by atoms with Crippen molar-refractivity contribution in [2.45, 2.75) is 4.99 Å². The van der Waals surface area contributed by atoms with Crippen LogP contribution < -0.4 is 10.0 Å². The van der Waals surface area contributed by atoms with Crippen molar-refractivity contribution in [1.29, 1.82) is 0 Å². The van der Waals surface area contributed by atoms with Gasteiger partial charge in [0.1, 0.15) is 0 Å². The largest absolute Gasteiger partial charge is 0.286 e. The lowest BCUT2D eigenvalue weighted by Crippen LogP contribution is -2.54. The fourth-order valence-electron chi connectivity index (χ4n) is 5.34. The summed E-state index contributed by atoms with van der Waals surface area (Å²) in [4.78, 5) is 23.8. The maximum Gasteiger partial charge on any atom is 0.269 e. The lowest BCUT2D eigenvalue weighted by Gasteiger charge is -2.47. The summed E-state index contributed by atoms with van der Waals surface area (Å²) >= 11 is 4.84. The van der Waals surface area contributed by atoms with Crippen LogP contribution in [0.3, 0.4) is 0 Å². The molecule has 0 radical (unpaired) electrons. The molecule has 0 bridgehead atoms. The van der Waals surface area contributed by atoms with Gasteiger partial charge in [-0.15, -0.1) is 0 Å². The van der Waals surface area contributed by atoms with Crippen molar-refractivity contribution >= 4 is 61.3 Å². The van der Waals surface area contributed by atoms with Gasteiger partial charge in [0, 0.05) is 38.9 Å². The molecule has 10 heteroatoms. The van der Waals surface area contributed by atoms with E-state index in [2.05, 4.69) is 15.9 Å². The molecule has 0 saturated heterocycles. The van der Waals surface area contributed by atoms with E-state index >= 15 is 0 Å². The summed E-state index contributed by atoms with van der Waals surface area (Å²) in [6.45, 7) is 0. The van der Waals surface area contributed by atoms with E-state index in [1.807, 2.05) is 102 Å². The Hall–Kier alpha value is -5.06. The van der Waals surface area contributed by atoms with Crippen LogP contribution in [0.4, 0.5) is 17.1 Å². The summed E-state index contributed by atoms with van der Waals surface area (Å²) in [5, 5.41) is 25.7. The summed E-state index contributed by atoms with van der Waals surface area (Å²) in [5.41, 5.74) is 5.23. The van der Waals surface area contributed by atoms with Crippen molar-refractivity contribution < 1.29 is 9.72 Å². The van der Waals surface area contributed by atoms with Crippen LogP contribution in [-0.2, 0) is 4.99 Å². The number of hydrogen-bond acceptors (Lipinski definition) is 8. The maximum atomic E-state index is 13.9. The molecule has 0 amide bonds. The van der Waals surface area contributed by atoms with Crippen LogP contribution in [0.25, 0.3) is 0 Å². The van der Waals surface area contributed by atoms with Gasteiger partial charge in [-0.2, -0.15) is 10.2 Å². The Bertz CT molecular complexity index is 1950. The summed E-state index contributed by atoms with van der Waals surface area (Å²) in [7, 11) is 0. The van der Waals surface area contributed by atoms with Gasteiger partial charge in [0.15, 0.2) is 5.04 Å². The Labute approximate surface area is 265 Å². The highest BCUT2D eigenvalue weighted by Gasteiger charge is 2.56. The molecular weight excluding hydrogens is 638 g/mol. The number of anilines is 2. The lowest BCUT2D eigenvalue weighted by atomic mass is 9.93. The number of ketones is 1. The maximum absolute atomic E-state index is 13.9. The summed E-state index contributed by atoms with van der Waals surface area (Å²) in [6.07, 6.45) is 0. The van der Waals surface area contributed by atoms with E-state index in [-0.39, 0.29) is 16.5 Å². The molecule has 0 N–H and O–H groups in total. The van der Waals surface area contributed by atoms with Gasteiger partial charge in [-0.1, -0.05) is 101 Å². The van der Waals surface area contributed by atoms with Crippen LogP contribution in [0.5, 0.6) is 0 Å². The average Bonchev–Trinajstić information content (AvgIpc) is 3.47. The van der Waals surface area contributed by atoms with Crippen molar-refractivity contribution in [3.63, 3.8) is 0 Å². The average molecular weight is 661 g/mol. The number of nitro groups is 1. The van der Waals surface area contributed by atoms with Gasteiger partial charge in [0.2, 0.25) is 10.8 Å². The quantitative estimate of drug-likeness (QED) is 0.104. The molecule has 1 atom stereocenters. The highest BCUT2D eigenvalue weighted by atomic mass is 79.9. The van der Waals surface area contributed by atoms with Crippen LogP contribution in [0, 0.1) is 10.1 Å². The van der Waals surface area contributed by atoms with E-state index < -0.39 is 9.92 Å². The van der Waals surface area contributed by atoms with Crippen LogP contribution in [0.2, 0.25) is 0 Å². The molecule has 5 aromatic rings. The molecule has 5 aromatic carbocycles. The number of non-ortho nitro benzene ring substituents is 1.